The topological polar surface area (TPSA) is 32.3 Å². The second kappa shape index (κ2) is 9.43. The number of likely N-dealkylation sites (tertiary alicyclic amines) is 1. The summed E-state index contributed by atoms with van der Waals surface area (Å²) < 4.78 is 0. The van der Waals surface area contributed by atoms with Crippen molar-refractivity contribution in [3.63, 3.8) is 0 Å². The van der Waals surface area contributed by atoms with E-state index in [9.17, 15) is 4.79 Å². The Morgan fingerprint density at radius 1 is 1.21 bits per heavy atom. The van der Waals surface area contributed by atoms with Gasteiger partial charge in [-0.3, -0.25) is 4.79 Å². The minimum Gasteiger partial charge on any atom is -0.343 e. The van der Waals surface area contributed by atoms with Crippen molar-refractivity contribution in [1.82, 2.24) is 10.2 Å². The number of nitrogens with one attached hydrogen (secondary N) is 1. The third-order valence-electron chi connectivity index (χ3n) is 5.75. The van der Waals surface area contributed by atoms with E-state index in [0.29, 0.717) is 23.7 Å². The molecule has 0 aromatic heterocycles. The molecule has 24 heavy (non-hydrogen) atoms. The first-order chi connectivity index (χ1) is 11.2. The van der Waals surface area contributed by atoms with Gasteiger partial charge in [0.05, 0.1) is 0 Å². The largest absolute Gasteiger partial charge is 0.343 e. The van der Waals surface area contributed by atoms with Crippen LogP contribution >= 0.6 is 12.4 Å². The van der Waals surface area contributed by atoms with Crippen molar-refractivity contribution in [1.29, 1.82) is 0 Å². The molecule has 3 rings (SSSR count). The summed E-state index contributed by atoms with van der Waals surface area (Å²) in [6.07, 6.45) is 5.47. The van der Waals surface area contributed by atoms with Gasteiger partial charge in [-0.25, -0.2) is 0 Å². The van der Waals surface area contributed by atoms with Crippen LogP contribution in [-0.4, -0.2) is 37.0 Å². The maximum Gasteiger partial charge on any atom is 0.222 e. The molecule has 0 radical (unpaired) electrons. The minimum absolute atomic E-state index is 0. The lowest BCUT2D eigenvalue weighted by molar-refractivity contribution is -0.133. The SMILES string of the molecule is CC(CC(=O)N1CCC(c2ccccc2)CC1)C1CCCNC1.Cl. The summed E-state index contributed by atoms with van der Waals surface area (Å²) in [5.74, 6) is 2.17. The third kappa shape index (κ3) is 4.97. The van der Waals surface area contributed by atoms with Crippen molar-refractivity contribution >= 4 is 18.3 Å². The van der Waals surface area contributed by atoms with E-state index in [2.05, 4.69) is 47.5 Å². The van der Waals surface area contributed by atoms with Crippen LogP contribution in [0.15, 0.2) is 30.3 Å². The van der Waals surface area contributed by atoms with Crippen molar-refractivity contribution in [2.24, 2.45) is 11.8 Å². The number of halogens is 1. The molecule has 1 amide bonds. The van der Waals surface area contributed by atoms with Gasteiger partial charge in [0.1, 0.15) is 0 Å². The van der Waals surface area contributed by atoms with Gasteiger partial charge < -0.3 is 10.2 Å². The fourth-order valence-corrected chi connectivity index (χ4v) is 4.12. The quantitative estimate of drug-likeness (QED) is 0.894. The predicted octanol–water partition coefficient (Wildman–Crippen LogP) is 3.84. The van der Waals surface area contributed by atoms with E-state index in [-0.39, 0.29) is 12.4 Å². The van der Waals surface area contributed by atoms with E-state index < -0.39 is 0 Å². The van der Waals surface area contributed by atoms with Crippen molar-refractivity contribution in [3.05, 3.63) is 35.9 Å². The van der Waals surface area contributed by atoms with Crippen LogP contribution in [0.1, 0.15) is 50.5 Å². The Hall–Kier alpha value is -1.06. The zero-order valence-corrected chi connectivity index (χ0v) is 15.6. The molecular weight excluding hydrogens is 320 g/mol. The molecule has 2 fully saturated rings. The van der Waals surface area contributed by atoms with Crippen LogP contribution in [0.4, 0.5) is 0 Å². The molecule has 1 aromatic rings. The second-order valence-electron chi connectivity index (χ2n) is 7.35. The Balaban J connectivity index is 0.00000208. The summed E-state index contributed by atoms with van der Waals surface area (Å²) in [6.45, 7) is 6.34. The molecule has 1 N–H and O–H groups in total. The first-order valence-corrected chi connectivity index (χ1v) is 9.27. The minimum atomic E-state index is 0. The number of piperidine rings is 2. The molecule has 2 atom stereocenters. The van der Waals surface area contributed by atoms with Crippen LogP contribution in [-0.2, 0) is 4.79 Å². The van der Waals surface area contributed by atoms with Gasteiger partial charge in [-0.15, -0.1) is 12.4 Å². The summed E-state index contributed by atoms with van der Waals surface area (Å²) >= 11 is 0. The molecule has 2 unspecified atom stereocenters. The molecule has 1 aromatic carbocycles. The summed E-state index contributed by atoms with van der Waals surface area (Å²) in [5.41, 5.74) is 1.43. The van der Waals surface area contributed by atoms with E-state index >= 15 is 0 Å². The Kier molecular flexibility index (Phi) is 7.57. The van der Waals surface area contributed by atoms with Crippen LogP contribution in [0, 0.1) is 11.8 Å². The number of carbonyl (C=O) groups excluding carboxylic acids is 1. The van der Waals surface area contributed by atoms with Crippen LogP contribution in [0.5, 0.6) is 0 Å². The highest BCUT2D eigenvalue weighted by atomic mass is 35.5. The van der Waals surface area contributed by atoms with Gasteiger partial charge in [-0.05, 0) is 62.1 Å². The number of benzene rings is 1. The Morgan fingerprint density at radius 2 is 1.92 bits per heavy atom. The molecule has 0 bridgehead atoms. The van der Waals surface area contributed by atoms with E-state index in [0.717, 1.165) is 45.4 Å². The van der Waals surface area contributed by atoms with Gasteiger partial charge >= 0.3 is 0 Å². The fraction of sp³-hybridized carbons (Fsp3) is 0.650. The van der Waals surface area contributed by atoms with Gasteiger partial charge in [-0.2, -0.15) is 0 Å². The summed E-state index contributed by atoms with van der Waals surface area (Å²) in [7, 11) is 0. The van der Waals surface area contributed by atoms with Crippen molar-refractivity contribution < 1.29 is 4.79 Å². The summed E-state index contributed by atoms with van der Waals surface area (Å²) in [6, 6.07) is 10.8. The number of nitrogens with zero attached hydrogens (tertiary/aromatic N) is 1. The van der Waals surface area contributed by atoms with Gasteiger partial charge in [0.25, 0.3) is 0 Å². The normalized spacial score (nSPS) is 23.4. The van der Waals surface area contributed by atoms with E-state index in [1.54, 1.807) is 0 Å². The lowest BCUT2D eigenvalue weighted by Gasteiger charge is -2.34. The summed E-state index contributed by atoms with van der Waals surface area (Å²) in [4.78, 5) is 14.7. The first kappa shape index (κ1) is 19.3. The molecule has 4 heteroatoms. The second-order valence-corrected chi connectivity index (χ2v) is 7.35. The molecule has 0 spiro atoms. The number of carbonyl (C=O) groups is 1. The van der Waals surface area contributed by atoms with Gasteiger partial charge in [0.2, 0.25) is 5.91 Å². The molecule has 2 saturated heterocycles. The zero-order valence-electron chi connectivity index (χ0n) is 14.7. The lowest BCUT2D eigenvalue weighted by Crippen LogP contribution is -2.40. The van der Waals surface area contributed by atoms with Gasteiger partial charge in [-0.1, -0.05) is 37.3 Å². The van der Waals surface area contributed by atoms with Crippen molar-refractivity contribution in [2.45, 2.75) is 44.9 Å². The Labute approximate surface area is 152 Å². The molecule has 2 heterocycles. The monoisotopic (exact) mass is 350 g/mol. The fourth-order valence-electron chi connectivity index (χ4n) is 4.12. The number of amides is 1. The highest BCUT2D eigenvalue weighted by molar-refractivity contribution is 5.85. The first-order valence-electron chi connectivity index (χ1n) is 9.27. The third-order valence-corrected chi connectivity index (χ3v) is 5.75. The number of hydrogen-bond donors (Lipinski definition) is 1. The maximum atomic E-state index is 12.6. The molecule has 3 nitrogen and oxygen atoms in total. The van der Waals surface area contributed by atoms with Crippen LogP contribution in [0.25, 0.3) is 0 Å². The predicted molar refractivity (Wildman–Crippen MR) is 102 cm³/mol. The van der Waals surface area contributed by atoms with Gasteiger partial charge in [0, 0.05) is 19.5 Å². The summed E-state index contributed by atoms with van der Waals surface area (Å²) in [5, 5.41) is 3.47. The van der Waals surface area contributed by atoms with Gasteiger partial charge in [0.15, 0.2) is 0 Å². The zero-order chi connectivity index (χ0) is 16.1. The molecule has 134 valence electrons. The van der Waals surface area contributed by atoms with E-state index in [1.165, 1.54) is 18.4 Å². The highest BCUT2D eigenvalue weighted by Crippen LogP contribution is 2.29. The molecule has 0 aliphatic carbocycles. The van der Waals surface area contributed by atoms with Crippen LogP contribution in [0.3, 0.4) is 0 Å². The molecule has 0 saturated carbocycles. The maximum absolute atomic E-state index is 12.6. The standard InChI is InChI=1S/C20H30N2O.ClH/c1-16(19-8-5-11-21-15-19)14-20(23)22-12-9-18(10-13-22)17-6-3-2-4-7-17;/h2-4,6-7,16,18-19,21H,5,8-15H2,1H3;1H. The van der Waals surface area contributed by atoms with Crippen molar-refractivity contribution in [3.8, 4) is 0 Å². The van der Waals surface area contributed by atoms with Crippen LogP contribution in [0.2, 0.25) is 0 Å². The van der Waals surface area contributed by atoms with E-state index in [1.807, 2.05) is 0 Å². The molecular formula is C20H31ClN2O. The van der Waals surface area contributed by atoms with E-state index in [4.69, 9.17) is 0 Å². The highest BCUT2D eigenvalue weighted by Gasteiger charge is 2.27. The Morgan fingerprint density at radius 3 is 2.54 bits per heavy atom. The molecule has 2 aliphatic rings. The molecule has 2 aliphatic heterocycles. The average Bonchev–Trinajstić information content (AvgIpc) is 2.63. The number of rotatable bonds is 4. The average molecular weight is 351 g/mol. The number of hydrogen-bond acceptors (Lipinski definition) is 2. The van der Waals surface area contributed by atoms with Crippen molar-refractivity contribution in [2.75, 3.05) is 26.2 Å². The smallest absolute Gasteiger partial charge is 0.222 e. The Bertz CT molecular complexity index is 494. The van der Waals surface area contributed by atoms with Crippen LogP contribution < -0.4 is 5.32 Å². The lowest BCUT2D eigenvalue weighted by atomic mass is 9.84.